The molecule has 0 aromatic heterocycles. The Balaban J connectivity index is 2.34. The second-order valence-corrected chi connectivity index (χ2v) is 4.03. The molecule has 2 amide bonds. The molecule has 1 atom stereocenters. The van der Waals surface area contributed by atoms with Crippen molar-refractivity contribution >= 4 is 11.8 Å². The van der Waals surface area contributed by atoms with Crippen LogP contribution in [0.15, 0.2) is 0 Å². The Morgan fingerprint density at radius 1 is 1.60 bits per heavy atom. The molecule has 1 aliphatic heterocycles. The smallest absolute Gasteiger partial charge is 0.250 e. The van der Waals surface area contributed by atoms with E-state index in [0.29, 0.717) is 6.54 Å². The summed E-state index contributed by atoms with van der Waals surface area (Å²) in [6.07, 6.45) is 1.77. The van der Waals surface area contributed by atoms with Gasteiger partial charge in [-0.05, 0) is 26.3 Å². The lowest BCUT2D eigenvalue weighted by Gasteiger charge is -2.32. The number of nitrogens with two attached hydrogens (primary N) is 1. The lowest BCUT2D eigenvalue weighted by molar-refractivity contribution is -0.146. The fourth-order valence-corrected chi connectivity index (χ4v) is 1.55. The van der Waals surface area contributed by atoms with E-state index in [1.165, 1.54) is 0 Å². The SMILES string of the molecule is CC1(C(=O)NOCC(N)=O)CCCNC1. The van der Waals surface area contributed by atoms with Crippen LogP contribution < -0.4 is 16.5 Å². The topological polar surface area (TPSA) is 93.4 Å². The van der Waals surface area contributed by atoms with Crippen molar-refractivity contribution in [3.63, 3.8) is 0 Å². The molecule has 86 valence electrons. The van der Waals surface area contributed by atoms with Gasteiger partial charge >= 0.3 is 0 Å². The number of hydrogen-bond acceptors (Lipinski definition) is 4. The molecular weight excluding hydrogens is 198 g/mol. The van der Waals surface area contributed by atoms with Crippen molar-refractivity contribution in [1.29, 1.82) is 0 Å². The fourth-order valence-electron chi connectivity index (χ4n) is 1.55. The highest BCUT2D eigenvalue weighted by Gasteiger charge is 2.34. The van der Waals surface area contributed by atoms with Gasteiger partial charge in [-0.2, -0.15) is 0 Å². The summed E-state index contributed by atoms with van der Waals surface area (Å²) in [5, 5.41) is 3.15. The predicted molar refractivity (Wildman–Crippen MR) is 53.5 cm³/mol. The Bertz CT molecular complexity index is 249. The van der Waals surface area contributed by atoms with Crippen LogP contribution in [0.25, 0.3) is 0 Å². The van der Waals surface area contributed by atoms with Gasteiger partial charge in [-0.25, -0.2) is 5.48 Å². The van der Waals surface area contributed by atoms with E-state index in [1.54, 1.807) is 0 Å². The minimum atomic E-state index is -0.609. The van der Waals surface area contributed by atoms with Crippen molar-refractivity contribution in [2.75, 3.05) is 19.7 Å². The molecule has 0 bridgehead atoms. The van der Waals surface area contributed by atoms with Crippen molar-refractivity contribution in [1.82, 2.24) is 10.8 Å². The second-order valence-electron chi connectivity index (χ2n) is 4.03. The van der Waals surface area contributed by atoms with E-state index in [1.807, 2.05) is 6.92 Å². The first-order valence-electron chi connectivity index (χ1n) is 4.96. The average molecular weight is 215 g/mol. The van der Waals surface area contributed by atoms with Gasteiger partial charge in [0.2, 0.25) is 5.91 Å². The van der Waals surface area contributed by atoms with Gasteiger partial charge in [0.05, 0.1) is 5.41 Å². The molecule has 4 N–H and O–H groups in total. The van der Waals surface area contributed by atoms with Gasteiger partial charge in [-0.3, -0.25) is 14.4 Å². The molecule has 15 heavy (non-hydrogen) atoms. The van der Waals surface area contributed by atoms with E-state index < -0.39 is 11.3 Å². The Labute approximate surface area is 88.5 Å². The predicted octanol–water partition coefficient (Wildman–Crippen LogP) is -1.09. The van der Waals surface area contributed by atoms with Crippen molar-refractivity contribution in [2.45, 2.75) is 19.8 Å². The molecule has 0 spiro atoms. The number of carbonyl (C=O) groups is 2. The number of rotatable bonds is 4. The van der Waals surface area contributed by atoms with Gasteiger partial charge in [-0.15, -0.1) is 0 Å². The van der Waals surface area contributed by atoms with Crippen LogP contribution >= 0.6 is 0 Å². The molecule has 6 nitrogen and oxygen atoms in total. The third kappa shape index (κ3) is 3.49. The van der Waals surface area contributed by atoms with Gasteiger partial charge < -0.3 is 11.1 Å². The zero-order valence-corrected chi connectivity index (χ0v) is 8.84. The molecule has 1 saturated heterocycles. The van der Waals surface area contributed by atoms with E-state index in [4.69, 9.17) is 5.73 Å². The summed E-state index contributed by atoms with van der Waals surface area (Å²) in [6.45, 7) is 3.13. The van der Waals surface area contributed by atoms with Crippen molar-refractivity contribution < 1.29 is 14.4 Å². The van der Waals surface area contributed by atoms with E-state index in [0.717, 1.165) is 19.4 Å². The van der Waals surface area contributed by atoms with Crippen molar-refractivity contribution in [3.05, 3.63) is 0 Å². The largest absolute Gasteiger partial charge is 0.368 e. The van der Waals surface area contributed by atoms with Crippen molar-refractivity contribution in [3.8, 4) is 0 Å². The quantitative estimate of drug-likeness (QED) is 0.519. The average Bonchev–Trinajstić information content (AvgIpc) is 2.18. The van der Waals surface area contributed by atoms with E-state index in [9.17, 15) is 9.59 Å². The second kappa shape index (κ2) is 5.09. The third-order valence-electron chi connectivity index (χ3n) is 2.52. The monoisotopic (exact) mass is 215 g/mol. The van der Waals surface area contributed by atoms with Crippen LogP contribution in [-0.4, -0.2) is 31.5 Å². The van der Waals surface area contributed by atoms with Crippen LogP contribution in [0.1, 0.15) is 19.8 Å². The number of nitrogens with one attached hydrogen (secondary N) is 2. The molecule has 1 fully saturated rings. The Morgan fingerprint density at radius 2 is 2.33 bits per heavy atom. The highest BCUT2D eigenvalue weighted by atomic mass is 16.7. The third-order valence-corrected chi connectivity index (χ3v) is 2.52. The summed E-state index contributed by atoms with van der Waals surface area (Å²) < 4.78 is 0. The minimum absolute atomic E-state index is 0.212. The number of carbonyl (C=O) groups excluding carboxylic acids is 2. The molecule has 0 aromatic rings. The van der Waals surface area contributed by atoms with Gasteiger partial charge in [0.1, 0.15) is 0 Å². The Kier molecular flexibility index (Phi) is 4.05. The highest BCUT2D eigenvalue weighted by Crippen LogP contribution is 2.25. The molecule has 0 saturated carbocycles. The number of primary amides is 1. The summed E-state index contributed by atoms with van der Waals surface area (Å²) in [5.74, 6) is -0.821. The molecule has 1 heterocycles. The summed E-state index contributed by atoms with van der Waals surface area (Å²) in [5.41, 5.74) is 6.64. The first kappa shape index (κ1) is 11.9. The van der Waals surface area contributed by atoms with Crippen LogP contribution in [0.2, 0.25) is 0 Å². The fraction of sp³-hybridized carbons (Fsp3) is 0.778. The van der Waals surface area contributed by atoms with Crippen LogP contribution in [-0.2, 0) is 14.4 Å². The van der Waals surface area contributed by atoms with Crippen LogP contribution in [0.3, 0.4) is 0 Å². The number of hydroxylamine groups is 1. The van der Waals surface area contributed by atoms with Gasteiger partial charge in [0.15, 0.2) is 6.61 Å². The van der Waals surface area contributed by atoms with E-state index in [-0.39, 0.29) is 12.5 Å². The van der Waals surface area contributed by atoms with E-state index >= 15 is 0 Å². The molecule has 6 heteroatoms. The van der Waals surface area contributed by atoms with Crippen LogP contribution in [0.5, 0.6) is 0 Å². The number of amides is 2. The Hall–Kier alpha value is -1.14. The maximum Gasteiger partial charge on any atom is 0.250 e. The molecule has 1 unspecified atom stereocenters. The first-order valence-corrected chi connectivity index (χ1v) is 4.96. The maximum absolute atomic E-state index is 11.7. The number of piperidine rings is 1. The zero-order valence-electron chi connectivity index (χ0n) is 8.84. The summed E-state index contributed by atoms with van der Waals surface area (Å²) in [4.78, 5) is 26.7. The molecule has 0 aromatic carbocycles. The Morgan fingerprint density at radius 3 is 2.87 bits per heavy atom. The molecule has 0 radical (unpaired) electrons. The van der Waals surface area contributed by atoms with Gasteiger partial charge in [0, 0.05) is 6.54 Å². The molecule has 1 aliphatic rings. The zero-order chi connectivity index (χ0) is 11.3. The van der Waals surface area contributed by atoms with Crippen LogP contribution in [0.4, 0.5) is 0 Å². The van der Waals surface area contributed by atoms with Gasteiger partial charge in [-0.1, -0.05) is 0 Å². The molecule has 1 rings (SSSR count). The summed E-state index contributed by atoms with van der Waals surface area (Å²) in [6, 6.07) is 0. The van der Waals surface area contributed by atoms with E-state index in [2.05, 4.69) is 15.6 Å². The lowest BCUT2D eigenvalue weighted by Crippen LogP contribution is -2.49. The summed E-state index contributed by atoms with van der Waals surface area (Å²) >= 11 is 0. The standard InChI is InChI=1S/C9H17N3O3/c1-9(3-2-4-11-6-9)8(14)12-15-5-7(10)13/h11H,2-6H2,1H3,(H2,10,13)(H,12,14). The maximum atomic E-state index is 11.7. The lowest BCUT2D eigenvalue weighted by atomic mass is 9.82. The normalized spacial score (nSPS) is 25.9. The highest BCUT2D eigenvalue weighted by molar-refractivity contribution is 5.82. The molecule has 0 aliphatic carbocycles. The first-order chi connectivity index (χ1) is 7.04. The van der Waals surface area contributed by atoms with Crippen molar-refractivity contribution in [2.24, 2.45) is 11.1 Å². The number of hydrogen-bond donors (Lipinski definition) is 3. The summed E-state index contributed by atoms with van der Waals surface area (Å²) in [7, 11) is 0. The minimum Gasteiger partial charge on any atom is -0.368 e. The molecular formula is C9H17N3O3. The van der Waals surface area contributed by atoms with Gasteiger partial charge in [0.25, 0.3) is 5.91 Å². The van der Waals surface area contributed by atoms with Crippen LogP contribution in [0, 0.1) is 5.41 Å².